The summed E-state index contributed by atoms with van der Waals surface area (Å²) in [6.07, 6.45) is -2.60. The van der Waals surface area contributed by atoms with Crippen LogP contribution >= 0.6 is 0 Å². The number of aromatic nitrogens is 2. The molecule has 0 radical (unpaired) electrons. The Labute approximate surface area is 148 Å². The fourth-order valence-electron chi connectivity index (χ4n) is 2.78. The summed E-state index contributed by atoms with van der Waals surface area (Å²) in [5.74, 6) is 0. The zero-order valence-corrected chi connectivity index (χ0v) is 14.4. The van der Waals surface area contributed by atoms with Crippen molar-refractivity contribution < 1.29 is 13.2 Å². The van der Waals surface area contributed by atoms with Crippen molar-refractivity contribution in [1.29, 1.82) is 0 Å². The highest BCUT2D eigenvalue weighted by molar-refractivity contribution is 5.39. The Morgan fingerprint density at radius 3 is 2.42 bits per heavy atom. The van der Waals surface area contributed by atoms with E-state index >= 15 is 0 Å². The minimum atomic E-state index is -4.33. The zero-order chi connectivity index (χ0) is 18.9. The first kappa shape index (κ1) is 18.1. The maximum absolute atomic E-state index is 12.6. The molecule has 7 heteroatoms. The van der Waals surface area contributed by atoms with Gasteiger partial charge < -0.3 is 0 Å². The zero-order valence-electron chi connectivity index (χ0n) is 14.4. The molecule has 26 heavy (non-hydrogen) atoms. The van der Waals surface area contributed by atoms with E-state index in [0.717, 1.165) is 23.3 Å². The van der Waals surface area contributed by atoms with Crippen LogP contribution in [0.15, 0.2) is 53.5 Å². The minimum Gasteiger partial charge on any atom is -0.296 e. The Kier molecular flexibility index (Phi) is 4.82. The highest BCUT2D eigenvalue weighted by Gasteiger charge is 2.29. The monoisotopic (exact) mass is 361 g/mol. The smallest absolute Gasteiger partial charge is 0.296 e. The summed E-state index contributed by atoms with van der Waals surface area (Å²) < 4.78 is 39.3. The first-order valence-corrected chi connectivity index (χ1v) is 8.06. The van der Waals surface area contributed by atoms with Gasteiger partial charge in [0.1, 0.15) is 5.65 Å². The number of fused-ring (bicyclic) bond motifs is 1. The Balaban J connectivity index is 1.74. The lowest BCUT2D eigenvalue weighted by atomic mass is 10.1. The first-order chi connectivity index (χ1) is 12.2. The molecule has 0 saturated heterocycles. The van der Waals surface area contributed by atoms with Crippen molar-refractivity contribution in [2.45, 2.75) is 26.2 Å². The van der Waals surface area contributed by atoms with Gasteiger partial charge in [0.2, 0.25) is 0 Å². The van der Waals surface area contributed by atoms with Gasteiger partial charge >= 0.3 is 6.18 Å². The average Bonchev–Trinajstić information content (AvgIpc) is 2.55. The molecule has 0 bridgehead atoms. The lowest BCUT2D eigenvalue weighted by molar-refractivity contribution is -0.137. The van der Waals surface area contributed by atoms with Gasteiger partial charge in [-0.15, -0.1) is 0 Å². The standard InChI is InChI=1S/C19H18F3N3O/c1-13-3-8-17-23-16(9-18(26)25(17)10-13)12-24(2)11-14-4-6-15(7-5-14)19(20,21)22/h3-10H,11-12H2,1-2H3. The van der Waals surface area contributed by atoms with Gasteiger partial charge in [0.15, 0.2) is 0 Å². The van der Waals surface area contributed by atoms with Gasteiger partial charge in [0.05, 0.1) is 11.3 Å². The summed E-state index contributed by atoms with van der Waals surface area (Å²) in [4.78, 5) is 18.6. The molecule has 2 heterocycles. The molecule has 136 valence electrons. The molecule has 0 aliphatic rings. The number of alkyl halides is 3. The molecule has 0 atom stereocenters. The fraction of sp³-hybridized carbons (Fsp3) is 0.263. The third kappa shape index (κ3) is 4.11. The maximum Gasteiger partial charge on any atom is 0.416 e. The van der Waals surface area contributed by atoms with Crippen LogP contribution in [-0.4, -0.2) is 21.3 Å². The first-order valence-electron chi connectivity index (χ1n) is 8.06. The number of pyridine rings is 1. The molecule has 1 aromatic carbocycles. The molecule has 0 amide bonds. The van der Waals surface area contributed by atoms with Crippen LogP contribution in [0.5, 0.6) is 0 Å². The predicted octanol–water partition coefficient (Wildman–Crippen LogP) is 3.65. The Bertz CT molecular complexity index is 978. The molecule has 0 aliphatic heterocycles. The molecule has 2 aromatic heterocycles. The lowest BCUT2D eigenvalue weighted by Crippen LogP contribution is -2.22. The summed E-state index contributed by atoms with van der Waals surface area (Å²) in [6.45, 7) is 2.77. The molecule has 0 unspecified atom stereocenters. The average molecular weight is 361 g/mol. The summed E-state index contributed by atoms with van der Waals surface area (Å²) in [7, 11) is 1.83. The van der Waals surface area contributed by atoms with E-state index in [0.29, 0.717) is 24.4 Å². The summed E-state index contributed by atoms with van der Waals surface area (Å²) in [5.41, 5.74) is 2.09. The Morgan fingerprint density at radius 1 is 1.08 bits per heavy atom. The van der Waals surface area contributed by atoms with E-state index < -0.39 is 11.7 Å². The molecule has 3 aromatic rings. The number of rotatable bonds is 4. The minimum absolute atomic E-state index is 0.156. The third-order valence-corrected chi connectivity index (χ3v) is 4.03. The summed E-state index contributed by atoms with van der Waals surface area (Å²) >= 11 is 0. The van der Waals surface area contributed by atoms with Crippen molar-refractivity contribution in [1.82, 2.24) is 14.3 Å². The number of halogens is 3. The highest BCUT2D eigenvalue weighted by Crippen LogP contribution is 2.29. The summed E-state index contributed by atoms with van der Waals surface area (Å²) in [5, 5.41) is 0. The maximum atomic E-state index is 12.6. The highest BCUT2D eigenvalue weighted by atomic mass is 19.4. The number of hydrogen-bond acceptors (Lipinski definition) is 3. The molecule has 3 rings (SSSR count). The van der Waals surface area contributed by atoms with E-state index in [2.05, 4.69) is 4.98 Å². The van der Waals surface area contributed by atoms with Crippen molar-refractivity contribution in [2.75, 3.05) is 7.05 Å². The number of hydrogen-bond donors (Lipinski definition) is 0. The van der Waals surface area contributed by atoms with Crippen molar-refractivity contribution in [3.63, 3.8) is 0 Å². The van der Waals surface area contributed by atoms with Crippen LogP contribution < -0.4 is 5.56 Å². The van der Waals surface area contributed by atoms with Crippen molar-refractivity contribution in [3.8, 4) is 0 Å². The van der Waals surface area contributed by atoms with Gasteiger partial charge in [-0.05, 0) is 43.3 Å². The van der Waals surface area contributed by atoms with Crippen LogP contribution in [0.25, 0.3) is 5.65 Å². The van der Waals surface area contributed by atoms with Gasteiger partial charge in [0.25, 0.3) is 5.56 Å². The van der Waals surface area contributed by atoms with E-state index in [1.54, 1.807) is 12.3 Å². The van der Waals surface area contributed by atoms with Gasteiger partial charge in [-0.2, -0.15) is 13.2 Å². The van der Waals surface area contributed by atoms with Crippen molar-refractivity contribution in [2.24, 2.45) is 0 Å². The van der Waals surface area contributed by atoms with Crippen LogP contribution in [0.2, 0.25) is 0 Å². The second-order valence-electron chi connectivity index (χ2n) is 6.39. The molecule has 0 spiro atoms. The topological polar surface area (TPSA) is 37.6 Å². The summed E-state index contributed by atoms with van der Waals surface area (Å²) in [6, 6.07) is 10.2. The van der Waals surface area contributed by atoms with Crippen LogP contribution in [-0.2, 0) is 19.3 Å². The van der Waals surface area contributed by atoms with E-state index in [1.807, 2.05) is 24.9 Å². The van der Waals surface area contributed by atoms with Crippen LogP contribution in [0.3, 0.4) is 0 Å². The Hall–Kier alpha value is -2.67. The molecule has 0 aliphatic carbocycles. The van der Waals surface area contributed by atoms with Crippen LogP contribution in [0, 0.1) is 6.92 Å². The second-order valence-corrected chi connectivity index (χ2v) is 6.39. The van der Waals surface area contributed by atoms with Crippen molar-refractivity contribution >= 4 is 5.65 Å². The van der Waals surface area contributed by atoms with E-state index in [1.165, 1.54) is 22.6 Å². The molecular weight excluding hydrogens is 343 g/mol. The van der Waals surface area contributed by atoms with Gasteiger partial charge in [-0.1, -0.05) is 18.2 Å². The second kappa shape index (κ2) is 6.92. The quantitative estimate of drug-likeness (QED) is 0.712. The predicted molar refractivity (Wildman–Crippen MR) is 92.8 cm³/mol. The molecule has 0 N–H and O–H groups in total. The normalized spacial score (nSPS) is 12.1. The van der Waals surface area contributed by atoms with E-state index in [4.69, 9.17) is 0 Å². The molecular formula is C19H18F3N3O. The fourth-order valence-corrected chi connectivity index (χ4v) is 2.78. The SMILES string of the molecule is Cc1ccc2nc(CN(C)Cc3ccc(C(F)(F)F)cc3)cc(=O)n2c1. The molecule has 4 nitrogen and oxygen atoms in total. The third-order valence-electron chi connectivity index (χ3n) is 4.03. The largest absolute Gasteiger partial charge is 0.416 e. The number of nitrogens with zero attached hydrogens (tertiary/aromatic N) is 3. The van der Waals surface area contributed by atoms with Gasteiger partial charge in [-0.25, -0.2) is 4.98 Å². The molecule has 0 fully saturated rings. The van der Waals surface area contributed by atoms with Crippen LogP contribution in [0.4, 0.5) is 13.2 Å². The molecule has 0 saturated carbocycles. The van der Waals surface area contributed by atoms with Gasteiger partial charge in [0, 0.05) is 25.4 Å². The van der Waals surface area contributed by atoms with E-state index in [-0.39, 0.29) is 5.56 Å². The van der Waals surface area contributed by atoms with E-state index in [9.17, 15) is 18.0 Å². The van der Waals surface area contributed by atoms with Crippen LogP contribution in [0.1, 0.15) is 22.4 Å². The van der Waals surface area contributed by atoms with Gasteiger partial charge in [-0.3, -0.25) is 14.1 Å². The number of benzene rings is 1. The van der Waals surface area contributed by atoms with Crippen molar-refractivity contribution in [3.05, 3.63) is 81.4 Å². The number of aryl methyl sites for hydroxylation is 1. The Morgan fingerprint density at radius 2 is 1.77 bits per heavy atom. The lowest BCUT2D eigenvalue weighted by Gasteiger charge is -2.17.